The second-order valence-corrected chi connectivity index (χ2v) is 6.25. The van der Waals surface area contributed by atoms with Gasteiger partial charge in [0.15, 0.2) is 11.0 Å². The van der Waals surface area contributed by atoms with Crippen LogP contribution < -0.4 is 10.7 Å². The molecule has 6 nitrogen and oxygen atoms in total. The highest BCUT2D eigenvalue weighted by atomic mass is 16.5. The summed E-state index contributed by atoms with van der Waals surface area (Å²) in [5.41, 5.74) is 1.54. The van der Waals surface area contributed by atoms with Gasteiger partial charge in [-0.25, -0.2) is 0 Å². The van der Waals surface area contributed by atoms with Gasteiger partial charge in [-0.1, -0.05) is 36.4 Å². The minimum Gasteiger partial charge on any atom is -0.455 e. The lowest BCUT2D eigenvalue weighted by Crippen LogP contribution is -2.34. The summed E-state index contributed by atoms with van der Waals surface area (Å²) in [5, 5.41) is 12.7. The van der Waals surface area contributed by atoms with Crippen molar-refractivity contribution >= 4 is 16.9 Å². The Morgan fingerprint density at radius 1 is 1.19 bits per heavy atom. The highest BCUT2D eigenvalue weighted by Crippen LogP contribution is 2.27. The van der Waals surface area contributed by atoms with E-state index in [4.69, 9.17) is 9.15 Å². The van der Waals surface area contributed by atoms with Gasteiger partial charge in [0.2, 0.25) is 0 Å². The summed E-state index contributed by atoms with van der Waals surface area (Å²) in [6.45, 7) is 1.86. The average molecular weight is 367 g/mol. The number of nitrogens with one attached hydrogen (secondary N) is 1. The fraction of sp³-hybridized carbons (Fsp3) is 0.238. The van der Waals surface area contributed by atoms with E-state index in [9.17, 15) is 14.7 Å². The highest BCUT2D eigenvalue weighted by Gasteiger charge is 2.18. The monoisotopic (exact) mass is 367 g/mol. The molecule has 0 aliphatic carbocycles. The van der Waals surface area contributed by atoms with Crippen LogP contribution in [-0.2, 0) is 4.74 Å². The first-order valence-electron chi connectivity index (χ1n) is 8.60. The first-order chi connectivity index (χ1) is 13.0. The van der Waals surface area contributed by atoms with Gasteiger partial charge < -0.3 is 19.6 Å². The Balaban J connectivity index is 2.06. The van der Waals surface area contributed by atoms with Gasteiger partial charge in [0.1, 0.15) is 5.76 Å². The average Bonchev–Trinajstić information content (AvgIpc) is 2.69. The molecule has 0 bridgehead atoms. The largest absolute Gasteiger partial charge is 0.455 e. The molecule has 27 heavy (non-hydrogen) atoms. The highest BCUT2D eigenvalue weighted by molar-refractivity contribution is 6.05. The summed E-state index contributed by atoms with van der Waals surface area (Å²) in [4.78, 5) is 25.4. The molecule has 3 rings (SSSR count). The van der Waals surface area contributed by atoms with Crippen molar-refractivity contribution in [1.29, 1.82) is 0 Å². The molecule has 1 unspecified atom stereocenters. The van der Waals surface area contributed by atoms with Crippen molar-refractivity contribution in [3.05, 3.63) is 69.9 Å². The smallest absolute Gasteiger partial charge is 0.255 e. The lowest BCUT2D eigenvalue weighted by atomic mass is 10.0. The number of aliphatic hydroxyl groups is 1. The van der Waals surface area contributed by atoms with Gasteiger partial charge in [-0.2, -0.15) is 0 Å². The van der Waals surface area contributed by atoms with Crippen LogP contribution in [-0.4, -0.2) is 37.4 Å². The molecular weight excluding hydrogens is 346 g/mol. The van der Waals surface area contributed by atoms with E-state index in [1.165, 1.54) is 7.11 Å². The molecule has 0 aliphatic heterocycles. The summed E-state index contributed by atoms with van der Waals surface area (Å²) in [5.74, 6) is 0.00883. The quantitative estimate of drug-likeness (QED) is 0.699. The van der Waals surface area contributed by atoms with E-state index in [2.05, 4.69) is 5.32 Å². The summed E-state index contributed by atoms with van der Waals surface area (Å²) < 4.78 is 10.9. The van der Waals surface area contributed by atoms with E-state index < -0.39 is 12.0 Å². The zero-order valence-electron chi connectivity index (χ0n) is 15.2. The second-order valence-electron chi connectivity index (χ2n) is 6.25. The number of ether oxygens (including phenoxy) is 1. The molecule has 0 aliphatic rings. The lowest BCUT2D eigenvalue weighted by molar-refractivity contribution is 0.0610. The minimum atomic E-state index is -0.817. The Bertz CT molecular complexity index is 1010. The van der Waals surface area contributed by atoms with E-state index in [1.54, 1.807) is 25.1 Å². The Kier molecular flexibility index (Phi) is 5.69. The Labute approximate surface area is 156 Å². The van der Waals surface area contributed by atoms with Gasteiger partial charge in [-0.15, -0.1) is 0 Å². The van der Waals surface area contributed by atoms with Crippen molar-refractivity contribution in [1.82, 2.24) is 5.32 Å². The molecular formula is C21H21NO5. The van der Waals surface area contributed by atoms with Gasteiger partial charge in [-0.05, 0) is 19.1 Å². The molecule has 6 heteroatoms. The van der Waals surface area contributed by atoms with Crippen molar-refractivity contribution in [2.75, 3.05) is 20.3 Å². The van der Waals surface area contributed by atoms with Crippen molar-refractivity contribution in [2.24, 2.45) is 0 Å². The zero-order valence-corrected chi connectivity index (χ0v) is 15.2. The Morgan fingerprint density at radius 3 is 2.63 bits per heavy atom. The zero-order chi connectivity index (χ0) is 19.4. The van der Waals surface area contributed by atoms with E-state index in [0.717, 1.165) is 5.56 Å². The molecule has 1 heterocycles. The number of hydrogen-bond acceptors (Lipinski definition) is 5. The van der Waals surface area contributed by atoms with Crippen LogP contribution >= 0.6 is 0 Å². The molecule has 0 radical (unpaired) electrons. The molecule has 1 atom stereocenters. The van der Waals surface area contributed by atoms with Crippen molar-refractivity contribution in [3.8, 4) is 11.3 Å². The van der Waals surface area contributed by atoms with Gasteiger partial charge >= 0.3 is 0 Å². The fourth-order valence-corrected chi connectivity index (χ4v) is 2.91. The van der Waals surface area contributed by atoms with Crippen molar-refractivity contribution in [3.63, 3.8) is 0 Å². The van der Waals surface area contributed by atoms with E-state index in [-0.39, 0.29) is 29.7 Å². The second kappa shape index (κ2) is 8.16. The maximum atomic E-state index is 12.8. The SMILES string of the molecule is COCC(O)CNC(=O)c1cccc2c(=O)c(C)c(-c3ccccc3)oc12. The number of rotatable bonds is 6. The molecule has 0 saturated carbocycles. The van der Waals surface area contributed by atoms with Gasteiger partial charge in [0.25, 0.3) is 5.91 Å². The number of para-hydroxylation sites is 1. The van der Waals surface area contributed by atoms with Crippen LogP contribution in [0.25, 0.3) is 22.3 Å². The number of carbonyl (C=O) groups is 1. The predicted molar refractivity (Wildman–Crippen MR) is 103 cm³/mol. The van der Waals surface area contributed by atoms with Crippen LogP contribution in [0.1, 0.15) is 15.9 Å². The number of amides is 1. The third kappa shape index (κ3) is 3.92. The molecule has 0 spiro atoms. The van der Waals surface area contributed by atoms with E-state index in [1.807, 2.05) is 30.3 Å². The van der Waals surface area contributed by atoms with E-state index >= 15 is 0 Å². The van der Waals surface area contributed by atoms with Crippen molar-refractivity contribution in [2.45, 2.75) is 13.0 Å². The fourth-order valence-electron chi connectivity index (χ4n) is 2.91. The van der Waals surface area contributed by atoms with Gasteiger partial charge in [0, 0.05) is 24.8 Å². The van der Waals surface area contributed by atoms with Crippen LogP contribution in [0.3, 0.4) is 0 Å². The third-order valence-corrected chi connectivity index (χ3v) is 4.28. The number of hydrogen-bond donors (Lipinski definition) is 2. The van der Waals surface area contributed by atoms with Crippen LogP contribution in [0.4, 0.5) is 0 Å². The standard InChI is InChI=1S/C21H21NO5/c1-13-18(24)16-9-6-10-17(21(25)22-11-15(23)12-26-2)20(16)27-19(13)14-7-4-3-5-8-14/h3-10,15,23H,11-12H2,1-2H3,(H,22,25). The van der Waals surface area contributed by atoms with Crippen LogP contribution in [0, 0.1) is 6.92 Å². The van der Waals surface area contributed by atoms with Gasteiger partial charge in [-0.3, -0.25) is 9.59 Å². The molecule has 1 aromatic heterocycles. The molecule has 2 N–H and O–H groups in total. The summed E-state index contributed by atoms with van der Waals surface area (Å²) in [6.07, 6.45) is -0.817. The van der Waals surface area contributed by atoms with Crippen LogP contribution in [0.15, 0.2) is 57.7 Å². The van der Waals surface area contributed by atoms with Crippen molar-refractivity contribution < 1.29 is 19.1 Å². The van der Waals surface area contributed by atoms with Gasteiger partial charge in [0.05, 0.1) is 23.7 Å². The Hall–Kier alpha value is -2.96. The summed E-state index contributed by atoms with van der Waals surface area (Å²) >= 11 is 0. The predicted octanol–water partition coefficient (Wildman–Crippen LogP) is 2.51. The first-order valence-corrected chi connectivity index (χ1v) is 8.60. The molecule has 0 fully saturated rings. The van der Waals surface area contributed by atoms with E-state index in [0.29, 0.717) is 16.7 Å². The maximum Gasteiger partial charge on any atom is 0.255 e. The third-order valence-electron chi connectivity index (χ3n) is 4.28. The number of fused-ring (bicyclic) bond motifs is 1. The normalized spacial score (nSPS) is 12.1. The number of aliphatic hydroxyl groups excluding tert-OH is 1. The molecule has 140 valence electrons. The van der Waals surface area contributed by atoms with Crippen LogP contribution in [0.2, 0.25) is 0 Å². The molecule has 2 aromatic carbocycles. The minimum absolute atomic E-state index is 0.0324. The van der Waals surface area contributed by atoms with Crippen LogP contribution in [0.5, 0.6) is 0 Å². The lowest BCUT2D eigenvalue weighted by Gasteiger charge is -2.13. The molecule has 3 aromatic rings. The maximum absolute atomic E-state index is 12.8. The Morgan fingerprint density at radius 2 is 1.93 bits per heavy atom. The topological polar surface area (TPSA) is 88.8 Å². The number of methoxy groups -OCH3 is 1. The summed E-state index contributed by atoms with van der Waals surface area (Å²) in [7, 11) is 1.47. The summed E-state index contributed by atoms with van der Waals surface area (Å²) in [6, 6.07) is 14.2. The number of benzene rings is 2. The number of carbonyl (C=O) groups excluding carboxylic acids is 1. The molecule has 1 amide bonds. The molecule has 0 saturated heterocycles. The first kappa shape index (κ1) is 18.8.